The summed E-state index contributed by atoms with van der Waals surface area (Å²) in [6.07, 6.45) is 0. The topological polar surface area (TPSA) is 43.8 Å². The number of hydrogen-bond acceptors (Lipinski definition) is 2. The fourth-order valence-electron chi connectivity index (χ4n) is 1.95. The van der Waals surface area contributed by atoms with Crippen LogP contribution in [0.4, 0.5) is 10.2 Å². The van der Waals surface area contributed by atoms with Crippen molar-refractivity contribution in [3.05, 3.63) is 34.9 Å². The molecule has 0 radical (unpaired) electrons. The van der Waals surface area contributed by atoms with Crippen LogP contribution in [-0.2, 0) is 7.05 Å². The van der Waals surface area contributed by atoms with E-state index in [0.29, 0.717) is 22.1 Å². The standard InChI is InChI=1S/C13H15ClFN3/c1-7(2)13-17-11(12(16)18(13)3)8-4-9(14)6-10(15)5-8/h4-7H,16H2,1-3H3. The van der Waals surface area contributed by atoms with Crippen LogP contribution < -0.4 is 5.73 Å². The molecule has 2 rings (SSSR count). The first-order valence-corrected chi connectivity index (χ1v) is 6.06. The Hall–Kier alpha value is -1.55. The maximum absolute atomic E-state index is 13.4. The monoisotopic (exact) mass is 267 g/mol. The predicted molar refractivity (Wildman–Crippen MR) is 72.1 cm³/mol. The van der Waals surface area contributed by atoms with Gasteiger partial charge >= 0.3 is 0 Å². The Kier molecular flexibility index (Phi) is 3.30. The number of anilines is 1. The summed E-state index contributed by atoms with van der Waals surface area (Å²) < 4.78 is 15.2. The van der Waals surface area contributed by atoms with Crippen LogP contribution in [0.5, 0.6) is 0 Å². The maximum atomic E-state index is 13.4. The van der Waals surface area contributed by atoms with Gasteiger partial charge in [0.25, 0.3) is 0 Å². The number of imidazole rings is 1. The fraction of sp³-hybridized carbons (Fsp3) is 0.308. The summed E-state index contributed by atoms with van der Waals surface area (Å²) in [6.45, 7) is 4.06. The summed E-state index contributed by atoms with van der Waals surface area (Å²) in [6, 6.07) is 4.30. The zero-order valence-corrected chi connectivity index (χ0v) is 11.3. The molecule has 0 fully saturated rings. The van der Waals surface area contributed by atoms with Crippen molar-refractivity contribution in [2.24, 2.45) is 7.05 Å². The van der Waals surface area contributed by atoms with E-state index >= 15 is 0 Å². The lowest BCUT2D eigenvalue weighted by atomic mass is 10.1. The number of benzene rings is 1. The van der Waals surface area contributed by atoms with Gasteiger partial charge in [-0.1, -0.05) is 25.4 Å². The molecular weight excluding hydrogens is 253 g/mol. The summed E-state index contributed by atoms with van der Waals surface area (Å²) in [5, 5.41) is 0.334. The second kappa shape index (κ2) is 4.61. The Bertz CT molecular complexity index is 570. The molecule has 0 aliphatic heterocycles. The van der Waals surface area contributed by atoms with E-state index in [4.69, 9.17) is 17.3 Å². The van der Waals surface area contributed by atoms with Gasteiger partial charge in [-0.3, -0.25) is 0 Å². The van der Waals surface area contributed by atoms with Gasteiger partial charge in [0.2, 0.25) is 0 Å². The van der Waals surface area contributed by atoms with Crippen molar-refractivity contribution in [3.8, 4) is 11.3 Å². The number of nitrogens with two attached hydrogens (primary N) is 1. The van der Waals surface area contributed by atoms with Gasteiger partial charge in [-0.05, 0) is 18.2 Å². The molecule has 1 aromatic heterocycles. The van der Waals surface area contributed by atoms with E-state index in [1.54, 1.807) is 6.07 Å². The van der Waals surface area contributed by atoms with Gasteiger partial charge in [-0.25, -0.2) is 9.37 Å². The molecule has 0 bridgehead atoms. The second-order valence-corrected chi connectivity index (χ2v) is 5.01. The van der Waals surface area contributed by atoms with Crippen LogP contribution in [0.25, 0.3) is 11.3 Å². The molecule has 0 amide bonds. The van der Waals surface area contributed by atoms with E-state index in [1.165, 1.54) is 12.1 Å². The quantitative estimate of drug-likeness (QED) is 0.904. The summed E-state index contributed by atoms with van der Waals surface area (Å²) in [4.78, 5) is 4.47. The van der Waals surface area contributed by atoms with Gasteiger partial charge in [0.15, 0.2) is 0 Å². The molecule has 1 heterocycles. The van der Waals surface area contributed by atoms with E-state index in [9.17, 15) is 4.39 Å². The minimum atomic E-state index is -0.395. The smallest absolute Gasteiger partial charge is 0.131 e. The molecule has 2 aromatic rings. The molecule has 3 nitrogen and oxygen atoms in total. The van der Waals surface area contributed by atoms with Crippen LogP contribution in [0.2, 0.25) is 5.02 Å². The van der Waals surface area contributed by atoms with E-state index < -0.39 is 5.82 Å². The Labute approximate surface area is 110 Å². The van der Waals surface area contributed by atoms with Gasteiger partial charge in [0, 0.05) is 23.6 Å². The first kappa shape index (κ1) is 12.9. The van der Waals surface area contributed by atoms with Crippen LogP contribution in [0, 0.1) is 5.82 Å². The molecule has 96 valence electrons. The first-order valence-electron chi connectivity index (χ1n) is 5.68. The van der Waals surface area contributed by atoms with Gasteiger partial charge in [-0.15, -0.1) is 0 Å². The minimum absolute atomic E-state index is 0.245. The van der Waals surface area contributed by atoms with Gasteiger partial charge in [0.05, 0.1) is 0 Å². The van der Waals surface area contributed by atoms with Crippen molar-refractivity contribution in [2.45, 2.75) is 19.8 Å². The Morgan fingerprint density at radius 1 is 1.33 bits per heavy atom. The average molecular weight is 268 g/mol. The highest BCUT2D eigenvalue weighted by molar-refractivity contribution is 6.30. The van der Waals surface area contributed by atoms with Crippen molar-refractivity contribution >= 4 is 17.4 Å². The van der Waals surface area contributed by atoms with Crippen LogP contribution in [-0.4, -0.2) is 9.55 Å². The lowest BCUT2D eigenvalue weighted by molar-refractivity contribution is 0.628. The number of hydrogen-bond donors (Lipinski definition) is 1. The average Bonchev–Trinajstić information content (AvgIpc) is 2.55. The summed E-state index contributed by atoms with van der Waals surface area (Å²) in [5.74, 6) is 1.23. The van der Waals surface area contributed by atoms with Crippen molar-refractivity contribution in [1.29, 1.82) is 0 Å². The number of halogens is 2. The van der Waals surface area contributed by atoms with Crippen LogP contribution in [0.1, 0.15) is 25.6 Å². The van der Waals surface area contributed by atoms with Crippen molar-refractivity contribution < 1.29 is 4.39 Å². The highest BCUT2D eigenvalue weighted by atomic mass is 35.5. The van der Waals surface area contributed by atoms with E-state index in [1.807, 2.05) is 25.5 Å². The molecule has 2 N–H and O–H groups in total. The van der Waals surface area contributed by atoms with Gasteiger partial charge in [0.1, 0.15) is 23.2 Å². The molecule has 0 spiro atoms. The third kappa shape index (κ3) is 2.20. The molecule has 0 saturated heterocycles. The molecule has 0 atom stereocenters. The van der Waals surface area contributed by atoms with Crippen LogP contribution in [0.15, 0.2) is 18.2 Å². The molecular formula is C13H15ClFN3. The second-order valence-electron chi connectivity index (χ2n) is 4.58. The number of nitrogens with zero attached hydrogens (tertiary/aromatic N) is 2. The predicted octanol–water partition coefficient (Wildman–Crippen LogP) is 3.59. The highest BCUT2D eigenvalue weighted by Gasteiger charge is 2.16. The molecule has 0 unspecified atom stereocenters. The maximum Gasteiger partial charge on any atom is 0.131 e. The highest BCUT2D eigenvalue weighted by Crippen LogP contribution is 2.30. The zero-order chi connectivity index (χ0) is 13.4. The lowest BCUT2D eigenvalue weighted by Crippen LogP contribution is -2.02. The molecule has 0 aliphatic rings. The molecule has 5 heteroatoms. The lowest BCUT2D eigenvalue weighted by Gasteiger charge is -2.04. The third-order valence-electron chi connectivity index (χ3n) is 2.83. The third-order valence-corrected chi connectivity index (χ3v) is 3.04. The van der Waals surface area contributed by atoms with Gasteiger partial charge < -0.3 is 10.3 Å². The number of aromatic nitrogens is 2. The normalized spacial score (nSPS) is 11.2. The Morgan fingerprint density at radius 3 is 2.50 bits per heavy atom. The number of rotatable bonds is 2. The Balaban J connectivity index is 2.60. The largest absolute Gasteiger partial charge is 0.383 e. The summed E-state index contributed by atoms with van der Waals surface area (Å²) >= 11 is 5.85. The van der Waals surface area contributed by atoms with E-state index in [0.717, 1.165) is 5.82 Å². The summed E-state index contributed by atoms with van der Waals surface area (Å²) in [5.41, 5.74) is 7.18. The number of nitrogen functional groups attached to an aromatic ring is 1. The molecule has 1 aromatic carbocycles. The van der Waals surface area contributed by atoms with Crippen LogP contribution in [0.3, 0.4) is 0 Å². The van der Waals surface area contributed by atoms with E-state index in [2.05, 4.69) is 4.98 Å². The first-order chi connectivity index (χ1) is 8.40. The minimum Gasteiger partial charge on any atom is -0.383 e. The van der Waals surface area contributed by atoms with Gasteiger partial charge in [-0.2, -0.15) is 0 Å². The molecule has 0 saturated carbocycles. The Morgan fingerprint density at radius 2 is 2.00 bits per heavy atom. The van der Waals surface area contributed by atoms with E-state index in [-0.39, 0.29) is 5.92 Å². The molecule has 0 aliphatic carbocycles. The molecule has 18 heavy (non-hydrogen) atoms. The zero-order valence-electron chi connectivity index (χ0n) is 10.5. The summed E-state index contributed by atoms with van der Waals surface area (Å²) in [7, 11) is 1.85. The van der Waals surface area contributed by atoms with Crippen molar-refractivity contribution in [1.82, 2.24) is 9.55 Å². The fourth-order valence-corrected chi connectivity index (χ4v) is 2.17. The van der Waals surface area contributed by atoms with Crippen molar-refractivity contribution in [3.63, 3.8) is 0 Å². The van der Waals surface area contributed by atoms with Crippen molar-refractivity contribution in [2.75, 3.05) is 5.73 Å². The SMILES string of the molecule is CC(C)c1nc(-c2cc(F)cc(Cl)c2)c(N)n1C. The van der Waals surface area contributed by atoms with Crippen LogP contribution >= 0.6 is 11.6 Å².